The molecule has 0 bridgehead atoms. The number of rotatable bonds is 8. The highest BCUT2D eigenvalue weighted by atomic mass is 16.5. The molecular formula is C31H33N7O4. The van der Waals surface area contributed by atoms with Crippen LogP contribution in [0.25, 0.3) is 22.2 Å². The zero-order chi connectivity index (χ0) is 29.1. The second kappa shape index (κ2) is 12.1. The van der Waals surface area contributed by atoms with E-state index in [9.17, 15) is 9.59 Å². The van der Waals surface area contributed by atoms with Gasteiger partial charge in [-0.3, -0.25) is 14.2 Å². The molecule has 1 amide bonds. The van der Waals surface area contributed by atoms with Crippen molar-refractivity contribution < 1.29 is 14.3 Å². The summed E-state index contributed by atoms with van der Waals surface area (Å²) in [6.07, 6.45) is 4.54. The molecule has 1 aromatic carbocycles. The Balaban J connectivity index is 1.35. The second-order valence-electron chi connectivity index (χ2n) is 10.4. The molecule has 4 aromatic rings. The number of aromatic nitrogens is 4. The van der Waals surface area contributed by atoms with Gasteiger partial charge in [-0.05, 0) is 29.8 Å². The molecule has 2 fully saturated rings. The van der Waals surface area contributed by atoms with E-state index in [0.717, 1.165) is 35.5 Å². The Morgan fingerprint density at radius 1 is 1.12 bits per heavy atom. The van der Waals surface area contributed by atoms with Crippen LogP contribution < -0.4 is 15.8 Å². The predicted octanol–water partition coefficient (Wildman–Crippen LogP) is 3.09. The lowest BCUT2D eigenvalue weighted by molar-refractivity contribution is -0.125. The van der Waals surface area contributed by atoms with E-state index in [1.807, 2.05) is 48.5 Å². The molecule has 2 saturated heterocycles. The summed E-state index contributed by atoms with van der Waals surface area (Å²) in [6, 6.07) is 15.3. The summed E-state index contributed by atoms with van der Waals surface area (Å²) in [5, 5.41) is 3.96. The maximum Gasteiger partial charge on any atom is 0.260 e. The molecule has 0 spiro atoms. The van der Waals surface area contributed by atoms with E-state index in [4.69, 9.17) is 14.5 Å². The molecule has 11 nitrogen and oxygen atoms in total. The fraction of sp³-hybridized carbons (Fsp3) is 0.323. The van der Waals surface area contributed by atoms with Crippen LogP contribution in [0.3, 0.4) is 0 Å². The highest BCUT2D eigenvalue weighted by Gasteiger charge is 2.35. The molecule has 5 heterocycles. The molecule has 0 saturated carbocycles. The molecule has 216 valence electrons. The quantitative estimate of drug-likeness (QED) is 0.321. The van der Waals surface area contributed by atoms with Crippen LogP contribution in [0.4, 0.5) is 17.5 Å². The van der Waals surface area contributed by atoms with Crippen LogP contribution >= 0.6 is 0 Å². The zero-order valence-corrected chi connectivity index (χ0v) is 23.5. The lowest BCUT2D eigenvalue weighted by Crippen LogP contribution is -2.36. The highest BCUT2D eigenvalue weighted by molar-refractivity contribution is 5.87. The van der Waals surface area contributed by atoms with E-state index in [0.29, 0.717) is 50.0 Å². The third-order valence-electron chi connectivity index (χ3n) is 7.84. The van der Waals surface area contributed by atoms with Gasteiger partial charge in [0.1, 0.15) is 11.5 Å². The van der Waals surface area contributed by atoms with E-state index < -0.39 is 0 Å². The van der Waals surface area contributed by atoms with Crippen molar-refractivity contribution in [3.05, 3.63) is 83.9 Å². The van der Waals surface area contributed by atoms with Crippen LogP contribution in [0.1, 0.15) is 0 Å². The Hall–Kier alpha value is -4.61. The Morgan fingerprint density at radius 3 is 2.64 bits per heavy atom. The first-order valence-electron chi connectivity index (χ1n) is 14.0. The molecule has 2 aliphatic rings. The van der Waals surface area contributed by atoms with Crippen molar-refractivity contribution in [1.82, 2.24) is 24.4 Å². The van der Waals surface area contributed by atoms with E-state index >= 15 is 0 Å². The van der Waals surface area contributed by atoms with Crippen molar-refractivity contribution in [2.24, 2.45) is 5.92 Å². The summed E-state index contributed by atoms with van der Waals surface area (Å²) < 4.78 is 12.9. The fourth-order valence-corrected chi connectivity index (χ4v) is 5.61. The number of benzene rings is 1. The van der Waals surface area contributed by atoms with E-state index in [2.05, 4.69) is 26.8 Å². The Morgan fingerprint density at radius 2 is 1.93 bits per heavy atom. The number of fused-ring (bicyclic) bond motifs is 1. The fourth-order valence-electron chi connectivity index (χ4n) is 5.61. The number of pyridine rings is 2. The smallest absolute Gasteiger partial charge is 0.260 e. The third kappa shape index (κ3) is 5.61. The van der Waals surface area contributed by atoms with Crippen LogP contribution in [0.5, 0.6) is 0 Å². The van der Waals surface area contributed by atoms with E-state index in [-0.39, 0.29) is 23.5 Å². The first kappa shape index (κ1) is 27.6. The minimum atomic E-state index is -0.230. The number of nitrogens with one attached hydrogen (secondary N) is 1. The van der Waals surface area contributed by atoms with Crippen LogP contribution in [0, 0.1) is 5.92 Å². The SMILES string of the molecule is C=CC(=O)N1C[C@H](Cn2c(=O)c(-c3ccccc3)cc3cnc(Nc4ccc(N5CCOCC5)nc4)nc32)[C@@H](OC)C1. The molecule has 3 aromatic heterocycles. The Bertz CT molecular complexity index is 1640. The van der Waals surface area contributed by atoms with Gasteiger partial charge in [0.2, 0.25) is 11.9 Å². The van der Waals surface area contributed by atoms with Crippen molar-refractivity contribution >= 4 is 34.4 Å². The van der Waals surface area contributed by atoms with Crippen LogP contribution in [0.15, 0.2) is 78.4 Å². The molecule has 2 aliphatic heterocycles. The van der Waals surface area contributed by atoms with Gasteiger partial charge in [-0.1, -0.05) is 36.9 Å². The van der Waals surface area contributed by atoms with Gasteiger partial charge in [0.25, 0.3) is 5.56 Å². The number of likely N-dealkylation sites (tertiary alicyclic amines) is 1. The molecule has 11 heteroatoms. The third-order valence-corrected chi connectivity index (χ3v) is 7.84. The summed E-state index contributed by atoms with van der Waals surface area (Å²) in [5.74, 6) is 0.965. The van der Waals surface area contributed by atoms with Gasteiger partial charge in [0.05, 0.1) is 31.2 Å². The lowest BCUT2D eigenvalue weighted by atomic mass is 10.0. The summed E-state index contributed by atoms with van der Waals surface area (Å²) in [4.78, 5) is 44.2. The molecule has 0 unspecified atom stereocenters. The molecule has 0 radical (unpaired) electrons. The first-order valence-corrected chi connectivity index (χ1v) is 14.0. The van der Waals surface area contributed by atoms with Gasteiger partial charge in [-0.15, -0.1) is 0 Å². The van der Waals surface area contributed by atoms with Crippen molar-refractivity contribution in [3.8, 4) is 11.1 Å². The van der Waals surface area contributed by atoms with E-state index in [1.165, 1.54) is 6.08 Å². The lowest BCUT2D eigenvalue weighted by Gasteiger charge is -2.27. The minimum absolute atomic E-state index is 0.117. The maximum atomic E-state index is 14.0. The van der Waals surface area contributed by atoms with Gasteiger partial charge in [0, 0.05) is 62.9 Å². The van der Waals surface area contributed by atoms with Crippen molar-refractivity contribution in [3.63, 3.8) is 0 Å². The first-order chi connectivity index (χ1) is 20.5. The number of carbonyl (C=O) groups is 1. The van der Waals surface area contributed by atoms with Crippen LogP contribution in [-0.4, -0.2) is 82.9 Å². The predicted molar refractivity (Wildman–Crippen MR) is 161 cm³/mol. The maximum absolute atomic E-state index is 14.0. The van der Waals surface area contributed by atoms with Crippen molar-refractivity contribution in [2.45, 2.75) is 12.6 Å². The molecular weight excluding hydrogens is 534 g/mol. The van der Waals surface area contributed by atoms with Crippen molar-refractivity contribution in [1.29, 1.82) is 0 Å². The Labute approximate surface area is 243 Å². The van der Waals surface area contributed by atoms with E-state index in [1.54, 1.807) is 29.0 Å². The largest absolute Gasteiger partial charge is 0.379 e. The zero-order valence-electron chi connectivity index (χ0n) is 23.5. The number of carbonyl (C=O) groups excluding carboxylic acids is 1. The summed E-state index contributed by atoms with van der Waals surface area (Å²) in [6.45, 7) is 7.81. The number of anilines is 3. The number of ether oxygens (including phenoxy) is 2. The van der Waals surface area contributed by atoms with Gasteiger partial charge >= 0.3 is 0 Å². The number of nitrogens with zero attached hydrogens (tertiary/aromatic N) is 6. The number of hydrogen-bond acceptors (Lipinski definition) is 9. The van der Waals surface area contributed by atoms with Gasteiger partial charge < -0.3 is 24.6 Å². The van der Waals surface area contributed by atoms with Crippen LogP contribution in [-0.2, 0) is 20.8 Å². The molecule has 0 aliphatic carbocycles. The number of hydrogen-bond donors (Lipinski definition) is 1. The molecule has 2 atom stereocenters. The number of morpholine rings is 1. The normalized spacial score (nSPS) is 18.8. The molecule has 1 N–H and O–H groups in total. The molecule has 6 rings (SSSR count). The van der Waals surface area contributed by atoms with Gasteiger partial charge in [0.15, 0.2) is 0 Å². The topological polar surface area (TPSA) is 115 Å². The Kier molecular flexibility index (Phi) is 7.93. The highest BCUT2D eigenvalue weighted by Crippen LogP contribution is 2.26. The summed E-state index contributed by atoms with van der Waals surface area (Å²) in [5.41, 5.74) is 2.43. The van der Waals surface area contributed by atoms with Crippen molar-refractivity contribution in [2.75, 3.05) is 56.7 Å². The summed E-state index contributed by atoms with van der Waals surface area (Å²) in [7, 11) is 1.63. The second-order valence-corrected chi connectivity index (χ2v) is 10.4. The average molecular weight is 568 g/mol. The van der Waals surface area contributed by atoms with Gasteiger partial charge in [-0.25, -0.2) is 9.97 Å². The monoisotopic (exact) mass is 567 g/mol. The average Bonchev–Trinajstić information content (AvgIpc) is 3.46. The van der Waals surface area contributed by atoms with Gasteiger partial charge in [-0.2, -0.15) is 4.98 Å². The number of methoxy groups -OCH3 is 1. The number of amides is 1. The summed E-state index contributed by atoms with van der Waals surface area (Å²) >= 11 is 0. The minimum Gasteiger partial charge on any atom is -0.379 e. The van der Waals surface area contributed by atoms with Crippen LogP contribution in [0.2, 0.25) is 0 Å². The standard InChI is InChI=1S/C31H33N7O4/c1-3-28(39)37-18-23(26(20-37)41-2)19-38-29-22(15-25(30(38)40)21-7-5-4-6-8-21)16-33-31(35-29)34-24-9-10-27(32-17-24)36-11-13-42-14-12-36/h3-10,15-17,23,26H,1,11-14,18-20H2,2H3,(H,33,34,35)/t23-,26+/m1/s1. The molecule has 42 heavy (non-hydrogen) atoms.